The summed E-state index contributed by atoms with van der Waals surface area (Å²) in [6.45, 7) is 1.98. The van der Waals surface area contributed by atoms with Gasteiger partial charge in [0.2, 0.25) is 0 Å². The summed E-state index contributed by atoms with van der Waals surface area (Å²) in [6.07, 6.45) is 0. The molecule has 0 unspecified atom stereocenters. The summed E-state index contributed by atoms with van der Waals surface area (Å²) in [4.78, 5) is 23.6. The second kappa shape index (κ2) is 6.22. The minimum Gasteiger partial charge on any atom is -0.465 e. The first kappa shape index (κ1) is 14.8. The highest BCUT2D eigenvalue weighted by atomic mass is 16.5. The molecule has 0 aliphatic heterocycles. The standard InChI is InChI=1S/C17H16O4/c1-11-4-6-12(7-5-11)15-10-13(16(18)20-2)8-9-14(15)17(19)21-3/h4-10H,1-3H3. The minimum atomic E-state index is -0.445. The smallest absolute Gasteiger partial charge is 0.338 e. The van der Waals surface area contributed by atoms with Crippen LogP contribution in [0.15, 0.2) is 42.5 Å². The monoisotopic (exact) mass is 284 g/mol. The van der Waals surface area contributed by atoms with Crippen molar-refractivity contribution in [2.45, 2.75) is 6.92 Å². The molecule has 0 atom stereocenters. The Kier molecular flexibility index (Phi) is 4.38. The van der Waals surface area contributed by atoms with Gasteiger partial charge >= 0.3 is 11.9 Å². The Bertz CT molecular complexity index is 672. The van der Waals surface area contributed by atoms with Crippen LogP contribution < -0.4 is 0 Å². The maximum atomic E-state index is 11.9. The van der Waals surface area contributed by atoms with Gasteiger partial charge in [-0.2, -0.15) is 0 Å². The SMILES string of the molecule is COC(=O)c1ccc(C(=O)OC)c(-c2ccc(C)cc2)c1. The molecule has 0 radical (unpaired) electrons. The zero-order chi connectivity index (χ0) is 15.4. The van der Waals surface area contributed by atoms with E-state index in [0.717, 1.165) is 11.1 Å². The van der Waals surface area contributed by atoms with E-state index in [-0.39, 0.29) is 0 Å². The van der Waals surface area contributed by atoms with Crippen LogP contribution in [0.4, 0.5) is 0 Å². The van der Waals surface area contributed by atoms with Crippen LogP contribution in [0.25, 0.3) is 11.1 Å². The third kappa shape index (κ3) is 3.11. The van der Waals surface area contributed by atoms with Gasteiger partial charge in [-0.25, -0.2) is 9.59 Å². The first-order valence-electron chi connectivity index (χ1n) is 6.44. The van der Waals surface area contributed by atoms with E-state index in [9.17, 15) is 9.59 Å². The number of aryl methyl sites for hydroxylation is 1. The fraction of sp³-hybridized carbons (Fsp3) is 0.176. The van der Waals surface area contributed by atoms with E-state index >= 15 is 0 Å². The Morgan fingerprint density at radius 1 is 0.857 bits per heavy atom. The molecule has 2 rings (SSSR count). The number of hydrogen-bond donors (Lipinski definition) is 0. The van der Waals surface area contributed by atoms with Crippen molar-refractivity contribution in [1.82, 2.24) is 0 Å². The molecular weight excluding hydrogens is 268 g/mol. The van der Waals surface area contributed by atoms with Crippen LogP contribution in [0.1, 0.15) is 26.3 Å². The molecule has 0 fully saturated rings. The summed E-state index contributed by atoms with van der Waals surface area (Å²) in [5.41, 5.74) is 3.40. The van der Waals surface area contributed by atoms with Gasteiger partial charge in [0.25, 0.3) is 0 Å². The second-order valence-electron chi connectivity index (χ2n) is 4.61. The van der Waals surface area contributed by atoms with E-state index in [2.05, 4.69) is 0 Å². The van der Waals surface area contributed by atoms with Crippen molar-refractivity contribution in [3.8, 4) is 11.1 Å². The fourth-order valence-electron chi connectivity index (χ4n) is 2.05. The first-order valence-corrected chi connectivity index (χ1v) is 6.44. The maximum Gasteiger partial charge on any atom is 0.338 e. The van der Waals surface area contributed by atoms with Crippen LogP contribution in [0.2, 0.25) is 0 Å². The number of methoxy groups -OCH3 is 2. The van der Waals surface area contributed by atoms with Crippen molar-refractivity contribution in [3.63, 3.8) is 0 Å². The zero-order valence-electron chi connectivity index (χ0n) is 12.2. The van der Waals surface area contributed by atoms with Gasteiger partial charge in [0.1, 0.15) is 0 Å². The molecule has 0 spiro atoms. The molecule has 0 aliphatic rings. The summed E-state index contributed by atoms with van der Waals surface area (Å²) in [7, 11) is 2.65. The molecule has 2 aromatic carbocycles. The predicted octanol–water partition coefficient (Wildman–Crippen LogP) is 3.24. The fourth-order valence-corrected chi connectivity index (χ4v) is 2.05. The highest BCUT2D eigenvalue weighted by Gasteiger charge is 2.16. The zero-order valence-corrected chi connectivity index (χ0v) is 12.2. The van der Waals surface area contributed by atoms with Crippen LogP contribution in [-0.2, 0) is 9.47 Å². The van der Waals surface area contributed by atoms with Gasteiger partial charge < -0.3 is 9.47 Å². The lowest BCUT2D eigenvalue weighted by Gasteiger charge is -2.10. The second-order valence-corrected chi connectivity index (χ2v) is 4.61. The van der Waals surface area contributed by atoms with Gasteiger partial charge in [0.15, 0.2) is 0 Å². The molecule has 0 N–H and O–H groups in total. The van der Waals surface area contributed by atoms with Crippen molar-refractivity contribution >= 4 is 11.9 Å². The Labute approximate surface area is 123 Å². The quantitative estimate of drug-likeness (QED) is 0.812. The average Bonchev–Trinajstić information content (AvgIpc) is 2.53. The summed E-state index contributed by atoms with van der Waals surface area (Å²) < 4.78 is 9.51. The van der Waals surface area contributed by atoms with Gasteiger partial charge in [-0.15, -0.1) is 0 Å². The topological polar surface area (TPSA) is 52.6 Å². The van der Waals surface area contributed by atoms with Crippen molar-refractivity contribution in [1.29, 1.82) is 0 Å². The highest BCUT2D eigenvalue weighted by molar-refractivity contribution is 6.00. The minimum absolute atomic E-state index is 0.390. The molecule has 0 bridgehead atoms. The average molecular weight is 284 g/mol. The van der Waals surface area contributed by atoms with E-state index in [1.165, 1.54) is 14.2 Å². The van der Waals surface area contributed by atoms with Gasteiger partial charge in [-0.1, -0.05) is 29.8 Å². The molecule has 4 heteroatoms. The number of ether oxygens (including phenoxy) is 2. The molecular formula is C17H16O4. The van der Waals surface area contributed by atoms with Gasteiger partial charge in [-0.05, 0) is 36.2 Å². The lowest BCUT2D eigenvalue weighted by Crippen LogP contribution is -2.07. The van der Waals surface area contributed by atoms with E-state index in [0.29, 0.717) is 16.7 Å². The Balaban J connectivity index is 2.60. The summed E-state index contributed by atoms with van der Waals surface area (Å²) >= 11 is 0. The van der Waals surface area contributed by atoms with Crippen molar-refractivity contribution in [3.05, 3.63) is 59.2 Å². The number of esters is 2. The van der Waals surface area contributed by atoms with E-state index in [1.54, 1.807) is 18.2 Å². The molecule has 0 heterocycles. The number of rotatable bonds is 3. The third-order valence-electron chi connectivity index (χ3n) is 3.21. The lowest BCUT2D eigenvalue weighted by molar-refractivity contribution is 0.0587. The molecule has 0 amide bonds. The van der Waals surface area contributed by atoms with Crippen LogP contribution in [0.3, 0.4) is 0 Å². The van der Waals surface area contributed by atoms with E-state index < -0.39 is 11.9 Å². The molecule has 0 saturated carbocycles. The summed E-state index contributed by atoms with van der Waals surface area (Å²) in [6, 6.07) is 12.5. The predicted molar refractivity (Wildman–Crippen MR) is 79.3 cm³/mol. The molecule has 0 aromatic heterocycles. The third-order valence-corrected chi connectivity index (χ3v) is 3.21. The summed E-state index contributed by atoms with van der Waals surface area (Å²) in [5.74, 6) is -0.887. The van der Waals surface area contributed by atoms with Crippen molar-refractivity contribution in [2.24, 2.45) is 0 Å². The Morgan fingerprint density at radius 3 is 2.05 bits per heavy atom. The Morgan fingerprint density at radius 2 is 1.48 bits per heavy atom. The maximum absolute atomic E-state index is 11.9. The Hall–Kier alpha value is -2.62. The molecule has 0 aliphatic carbocycles. The number of benzene rings is 2. The van der Waals surface area contributed by atoms with Gasteiger partial charge in [0.05, 0.1) is 25.3 Å². The van der Waals surface area contributed by atoms with E-state index in [1.807, 2.05) is 31.2 Å². The van der Waals surface area contributed by atoms with Gasteiger partial charge in [0, 0.05) is 0 Å². The van der Waals surface area contributed by atoms with Crippen LogP contribution in [0, 0.1) is 6.92 Å². The molecule has 0 saturated heterocycles. The molecule has 108 valence electrons. The number of carbonyl (C=O) groups is 2. The molecule has 4 nitrogen and oxygen atoms in total. The van der Waals surface area contributed by atoms with Crippen LogP contribution in [-0.4, -0.2) is 26.2 Å². The normalized spacial score (nSPS) is 10.0. The van der Waals surface area contributed by atoms with E-state index in [4.69, 9.17) is 9.47 Å². The highest BCUT2D eigenvalue weighted by Crippen LogP contribution is 2.26. The van der Waals surface area contributed by atoms with Crippen LogP contribution >= 0.6 is 0 Å². The number of carbonyl (C=O) groups excluding carboxylic acids is 2. The van der Waals surface area contributed by atoms with Gasteiger partial charge in [-0.3, -0.25) is 0 Å². The lowest BCUT2D eigenvalue weighted by atomic mass is 9.96. The molecule has 2 aromatic rings. The van der Waals surface area contributed by atoms with Crippen molar-refractivity contribution in [2.75, 3.05) is 14.2 Å². The van der Waals surface area contributed by atoms with Crippen LogP contribution in [0.5, 0.6) is 0 Å². The first-order chi connectivity index (χ1) is 10.1. The number of hydrogen-bond acceptors (Lipinski definition) is 4. The summed E-state index contributed by atoms with van der Waals surface area (Å²) in [5, 5.41) is 0. The molecule has 21 heavy (non-hydrogen) atoms. The largest absolute Gasteiger partial charge is 0.465 e. The van der Waals surface area contributed by atoms with Crippen molar-refractivity contribution < 1.29 is 19.1 Å².